The van der Waals surface area contributed by atoms with Crippen molar-refractivity contribution in [3.05, 3.63) is 89.5 Å². The van der Waals surface area contributed by atoms with E-state index in [1.54, 1.807) is 55.6 Å². The lowest BCUT2D eigenvalue weighted by Gasteiger charge is -2.13. The molecule has 0 aliphatic rings. The number of amides is 1. The zero-order valence-corrected chi connectivity index (χ0v) is 33.3. The van der Waals surface area contributed by atoms with Crippen LogP contribution in [0.2, 0.25) is 0 Å². The quantitative estimate of drug-likeness (QED) is 0.0103. The number of rotatable bonds is 21. The van der Waals surface area contributed by atoms with Crippen LogP contribution in [-0.4, -0.2) is 83.2 Å². The first-order valence-corrected chi connectivity index (χ1v) is 20.7. The maximum absolute atomic E-state index is 12.7. The second kappa shape index (κ2) is 21.1. The molecule has 0 aromatic heterocycles. The van der Waals surface area contributed by atoms with Crippen LogP contribution in [0.1, 0.15) is 26.3 Å². The van der Waals surface area contributed by atoms with Gasteiger partial charge in [0.1, 0.15) is 22.6 Å². The van der Waals surface area contributed by atoms with Gasteiger partial charge in [0, 0.05) is 23.5 Å². The normalized spacial score (nSPS) is 12.2. The summed E-state index contributed by atoms with van der Waals surface area (Å²) in [6.07, 6.45) is 0. The number of nitrogens with one attached hydrogen (secondary N) is 2. The van der Waals surface area contributed by atoms with Crippen molar-refractivity contribution >= 4 is 89.7 Å². The van der Waals surface area contributed by atoms with E-state index in [2.05, 4.69) is 45.5 Å². The lowest BCUT2D eigenvalue weighted by atomic mass is 10.1. The summed E-state index contributed by atoms with van der Waals surface area (Å²) in [5.41, 5.74) is 13.0. The Bertz CT molecular complexity index is 2400. The number of aryl methyl sites for hydroxylation is 1. The molecule has 0 saturated carbocycles. The first kappa shape index (κ1) is 45.0. The van der Waals surface area contributed by atoms with E-state index in [4.69, 9.17) is 25.2 Å². The van der Waals surface area contributed by atoms with Gasteiger partial charge in [-0.3, -0.25) is 9.35 Å². The molecule has 0 saturated heterocycles. The summed E-state index contributed by atoms with van der Waals surface area (Å²) in [7, 11) is -6.84. The number of carboxylic acid groups (broad SMARTS) is 1. The minimum Gasteiger partial charge on any atom is -0.478 e. The van der Waals surface area contributed by atoms with E-state index in [-0.39, 0.29) is 46.2 Å². The summed E-state index contributed by atoms with van der Waals surface area (Å²) < 4.78 is 63.1. The van der Waals surface area contributed by atoms with Crippen LogP contribution < -0.4 is 22.1 Å². The minimum absolute atomic E-state index is 0.132. The summed E-state index contributed by atoms with van der Waals surface area (Å²) in [5.74, 6) is -3.33. The highest BCUT2D eigenvalue weighted by Gasteiger charge is 2.27. The lowest BCUT2D eigenvalue weighted by molar-refractivity contribution is -0.188. The number of anilines is 2. The second-order valence-electron chi connectivity index (χ2n) is 11.8. The fourth-order valence-corrected chi connectivity index (χ4v) is 6.36. The van der Waals surface area contributed by atoms with Gasteiger partial charge in [0.25, 0.3) is 5.91 Å². The minimum atomic E-state index is -4.79. The molecule has 0 aliphatic carbocycles. The van der Waals surface area contributed by atoms with Crippen molar-refractivity contribution in [3.63, 3.8) is 0 Å². The maximum Gasteiger partial charge on any atom is 0.397 e. The number of hydrogen-bond acceptors (Lipinski definition) is 19. The molecule has 0 atom stereocenters. The third kappa shape index (κ3) is 14.0. The van der Waals surface area contributed by atoms with Gasteiger partial charge >= 0.3 is 16.4 Å². The first-order valence-electron chi connectivity index (χ1n) is 16.8. The molecule has 308 valence electrons. The van der Waals surface area contributed by atoms with Crippen LogP contribution in [0, 0.1) is 6.92 Å². The van der Waals surface area contributed by atoms with Gasteiger partial charge in [-0.25, -0.2) is 22.3 Å². The topological polar surface area (TPSA) is 321 Å². The average Bonchev–Trinajstić information content (AvgIpc) is 3.17. The van der Waals surface area contributed by atoms with Gasteiger partial charge in [0.15, 0.2) is 9.84 Å². The monoisotopic (exact) mass is 858 g/mol. The molecule has 4 rings (SSSR count). The van der Waals surface area contributed by atoms with Crippen LogP contribution in [0.25, 0.3) is 0 Å². The van der Waals surface area contributed by atoms with Crippen LogP contribution in [0.4, 0.5) is 45.5 Å². The molecular weight excluding hydrogens is 821 g/mol. The Morgan fingerprint density at radius 1 is 0.759 bits per heavy atom. The van der Waals surface area contributed by atoms with Crippen molar-refractivity contribution in [1.82, 2.24) is 10.6 Å². The van der Waals surface area contributed by atoms with Gasteiger partial charge in [0.2, 0.25) is 0 Å². The highest BCUT2D eigenvalue weighted by atomic mass is 32.3. The van der Waals surface area contributed by atoms with Gasteiger partial charge in [-0.05, 0) is 68.6 Å². The predicted molar refractivity (Wildman–Crippen MR) is 214 cm³/mol. The van der Waals surface area contributed by atoms with E-state index < -0.39 is 55.8 Å². The summed E-state index contributed by atoms with van der Waals surface area (Å²) >= 11 is 0.932. The third-order valence-electron chi connectivity index (χ3n) is 7.42. The molecule has 0 bridgehead atoms. The Morgan fingerprint density at radius 2 is 1.34 bits per heavy atom. The Labute approximate surface area is 337 Å². The highest BCUT2D eigenvalue weighted by Crippen LogP contribution is 2.49. The van der Waals surface area contributed by atoms with E-state index in [0.29, 0.717) is 29.4 Å². The molecule has 4 aromatic rings. The van der Waals surface area contributed by atoms with Gasteiger partial charge in [-0.15, -0.1) is 15.3 Å². The number of benzene rings is 4. The smallest absolute Gasteiger partial charge is 0.397 e. The summed E-state index contributed by atoms with van der Waals surface area (Å²) in [6, 6.07) is 19.2. The standard InChI is InChI=1S/C34H38N10O11S3/c1-21-6-10-23(11-7-21)39-42-30-27(34(46)47)31(43-41-25-4-3-5-26(20-25)56-55-53-16-14-37-2)29(36)32(28(30)35)44-40-24-12-8-22(9-13-24)33(45)38-15-18-57(48,49)19-17-54-58(50,51)52/h3-13,20,37H,14-19,35-36H2,1-2H3,(H,38,45)(H,46,47)(H,50,51,52)/b42-39?,43-41?,44-40-. The van der Waals surface area contributed by atoms with Crippen LogP contribution in [0.15, 0.2) is 108 Å². The number of nitrogen functional groups attached to an aromatic ring is 2. The Morgan fingerprint density at radius 3 is 1.93 bits per heavy atom. The molecule has 8 N–H and O–H groups in total. The van der Waals surface area contributed by atoms with Crippen molar-refractivity contribution in [2.75, 3.05) is 56.3 Å². The van der Waals surface area contributed by atoms with Crippen molar-refractivity contribution in [1.29, 1.82) is 0 Å². The molecule has 0 unspecified atom stereocenters. The zero-order chi connectivity index (χ0) is 42.3. The largest absolute Gasteiger partial charge is 0.478 e. The number of carbonyl (C=O) groups excluding carboxylic acids is 1. The fraction of sp³-hybridized carbons (Fsp3) is 0.235. The van der Waals surface area contributed by atoms with E-state index in [0.717, 1.165) is 17.6 Å². The van der Waals surface area contributed by atoms with E-state index in [1.807, 2.05) is 6.92 Å². The molecule has 58 heavy (non-hydrogen) atoms. The average molecular weight is 859 g/mol. The molecule has 0 radical (unpaired) electrons. The van der Waals surface area contributed by atoms with Crippen molar-refractivity contribution in [2.24, 2.45) is 30.7 Å². The van der Waals surface area contributed by atoms with Gasteiger partial charge < -0.3 is 27.2 Å². The number of carbonyl (C=O) groups is 2. The molecule has 0 fully saturated rings. The van der Waals surface area contributed by atoms with Crippen LogP contribution >= 0.6 is 12.0 Å². The number of likely N-dealkylation sites (N-methyl/N-ethyl adjacent to an activating group) is 1. The molecule has 0 spiro atoms. The third-order valence-corrected chi connectivity index (χ3v) is 10.1. The fourth-order valence-electron chi connectivity index (χ4n) is 4.51. The highest BCUT2D eigenvalue weighted by molar-refractivity contribution is 7.94. The Balaban J connectivity index is 1.61. The van der Waals surface area contributed by atoms with Crippen molar-refractivity contribution in [2.45, 2.75) is 11.8 Å². The summed E-state index contributed by atoms with van der Waals surface area (Å²) in [6.45, 7) is 1.69. The summed E-state index contributed by atoms with van der Waals surface area (Å²) in [5, 5.41) is 40.8. The van der Waals surface area contributed by atoms with Crippen molar-refractivity contribution < 1.29 is 49.5 Å². The number of carboxylic acids is 1. The number of hydrogen-bond donors (Lipinski definition) is 6. The van der Waals surface area contributed by atoms with Crippen molar-refractivity contribution in [3.8, 4) is 0 Å². The lowest BCUT2D eigenvalue weighted by Crippen LogP contribution is -2.30. The first-order chi connectivity index (χ1) is 27.6. The predicted octanol–water partition coefficient (Wildman–Crippen LogP) is 6.24. The molecule has 0 heterocycles. The second-order valence-corrected chi connectivity index (χ2v) is 15.9. The van der Waals surface area contributed by atoms with Gasteiger partial charge in [-0.2, -0.15) is 28.1 Å². The van der Waals surface area contributed by atoms with E-state index in [1.165, 1.54) is 24.3 Å². The van der Waals surface area contributed by atoms with Gasteiger partial charge in [0.05, 0.1) is 65.2 Å². The number of nitrogens with zero attached hydrogens (tertiary/aromatic N) is 6. The number of aromatic carboxylic acids is 1. The summed E-state index contributed by atoms with van der Waals surface area (Å²) in [4.78, 5) is 31.0. The Hall–Kier alpha value is -5.73. The number of azo groups is 3. The SMILES string of the molecule is CNCCOOSc1cccc(N=Nc2c(N)c(/N=N\c3ccc(C(=O)NCCS(=O)(=O)CCOS(=O)(=O)O)cc3)c(N)c(N=Nc3ccc(C)cc3)c2C(=O)O)c1. The molecular formula is C34H38N10O11S3. The number of nitrogens with two attached hydrogens (primary N) is 2. The maximum atomic E-state index is 12.7. The van der Waals surface area contributed by atoms with Crippen LogP contribution in [0.5, 0.6) is 0 Å². The Kier molecular flexibility index (Phi) is 16.4. The molecule has 21 nitrogen and oxygen atoms in total. The van der Waals surface area contributed by atoms with Crippen LogP contribution in [0.3, 0.4) is 0 Å². The molecule has 1 amide bonds. The molecule has 4 aromatic carbocycles. The van der Waals surface area contributed by atoms with E-state index in [9.17, 15) is 31.5 Å². The van der Waals surface area contributed by atoms with Gasteiger partial charge in [-0.1, -0.05) is 23.8 Å². The number of sulfone groups is 1. The molecule has 0 aliphatic heterocycles. The molecule has 24 heteroatoms. The zero-order valence-electron chi connectivity index (χ0n) is 30.8. The van der Waals surface area contributed by atoms with Crippen LogP contribution in [-0.2, 0) is 33.6 Å². The van der Waals surface area contributed by atoms with E-state index >= 15 is 0 Å².